The molecular weight excluding hydrogens is 501 g/mol. The molecule has 2 aromatic heterocycles. The molecule has 0 amide bonds. The molecule has 192 valence electrons. The van der Waals surface area contributed by atoms with Crippen molar-refractivity contribution < 1.29 is 40.6 Å². The molecule has 6 rings (SSSR count). The number of tetrazole rings is 1. The second-order valence-corrected chi connectivity index (χ2v) is 9.27. The Morgan fingerprint density at radius 2 is 1.69 bits per heavy atom. The third-order valence-corrected chi connectivity index (χ3v) is 6.96. The number of rotatable bonds is 8. The minimum Gasteiger partial charge on any atom is -0.454 e. The van der Waals surface area contributed by atoms with Gasteiger partial charge in [0, 0.05) is 34.9 Å². The second-order valence-electron chi connectivity index (χ2n) is 9.27. The maximum absolute atomic E-state index is 16.1. The molecule has 0 aliphatic heterocycles. The van der Waals surface area contributed by atoms with Gasteiger partial charge in [0.25, 0.3) is 5.92 Å². The van der Waals surface area contributed by atoms with Gasteiger partial charge in [-0.2, -0.15) is 18.0 Å². The highest BCUT2D eigenvalue weighted by Crippen LogP contribution is 2.80. The molecule has 1 aromatic carbocycles. The van der Waals surface area contributed by atoms with E-state index in [4.69, 9.17) is 0 Å². The fourth-order valence-electron chi connectivity index (χ4n) is 5.32. The summed E-state index contributed by atoms with van der Waals surface area (Å²) in [5.41, 5.74) is -6.06. The van der Waals surface area contributed by atoms with E-state index in [9.17, 15) is 27.1 Å². The van der Waals surface area contributed by atoms with Gasteiger partial charge in [0.2, 0.25) is 0 Å². The SMILES string of the molecule is O[C@@](Cn1ncnn1)(c1ccc(F)cc1F)C(F)(F)C12CC(c3cnc(OCC(F)(F)F)nc3)(C1)C2. The zero-order valence-corrected chi connectivity index (χ0v) is 18.2. The molecule has 3 saturated carbocycles. The molecule has 3 fully saturated rings. The number of nitrogens with zero attached hydrogens (tertiary/aromatic N) is 6. The van der Waals surface area contributed by atoms with Gasteiger partial charge in [-0.3, -0.25) is 0 Å². The van der Waals surface area contributed by atoms with Crippen molar-refractivity contribution in [2.75, 3.05) is 6.61 Å². The van der Waals surface area contributed by atoms with Crippen LogP contribution in [0.3, 0.4) is 0 Å². The first kappa shape index (κ1) is 24.3. The Kier molecular flexibility index (Phi) is 5.29. The quantitative estimate of drug-likeness (QED) is 0.457. The molecule has 36 heavy (non-hydrogen) atoms. The molecule has 2 bridgehead atoms. The number of benzene rings is 1. The summed E-state index contributed by atoms with van der Waals surface area (Å²) in [6, 6.07) is 1.40. The largest absolute Gasteiger partial charge is 0.454 e. The number of halogens is 7. The average Bonchev–Trinajstić information content (AvgIpc) is 3.23. The van der Waals surface area contributed by atoms with E-state index in [-0.39, 0.29) is 19.3 Å². The highest BCUT2D eigenvalue weighted by molar-refractivity contribution is 5.41. The van der Waals surface area contributed by atoms with Crippen molar-refractivity contribution in [1.29, 1.82) is 0 Å². The summed E-state index contributed by atoms with van der Waals surface area (Å²) < 4.78 is 102. The van der Waals surface area contributed by atoms with Crippen LogP contribution in [0.1, 0.15) is 30.4 Å². The zero-order valence-electron chi connectivity index (χ0n) is 18.2. The van der Waals surface area contributed by atoms with Crippen molar-refractivity contribution in [2.45, 2.75) is 48.9 Å². The standard InChI is InChI=1S/C21H17F7N6O2/c22-13-1-2-14(15(23)3-13)19(35,9-34-32-11-31-33-34)21(27,28)18-6-17(7-18,8-18)12-4-29-16(30-5-12)36-10-20(24,25)26/h1-5,11,35H,6-10H2/t17?,18?,19-/m0/s1. The van der Waals surface area contributed by atoms with Gasteiger partial charge in [-0.15, -0.1) is 10.2 Å². The maximum Gasteiger partial charge on any atom is 0.422 e. The molecule has 0 spiro atoms. The van der Waals surface area contributed by atoms with E-state index >= 15 is 8.78 Å². The second kappa shape index (κ2) is 7.82. The summed E-state index contributed by atoms with van der Waals surface area (Å²) >= 11 is 0. The van der Waals surface area contributed by atoms with Crippen LogP contribution in [0.25, 0.3) is 0 Å². The summed E-state index contributed by atoms with van der Waals surface area (Å²) in [5.74, 6) is -6.29. The Morgan fingerprint density at radius 1 is 1.03 bits per heavy atom. The lowest BCUT2D eigenvalue weighted by molar-refractivity contribution is -0.348. The van der Waals surface area contributed by atoms with E-state index in [0.29, 0.717) is 16.4 Å². The van der Waals surface area contributed by atoms with E-state index in [1.807, 2.05) is 0 Å². The Balaban J connectivity index is 1.39. The number of aliphatic hydroxyl groups is 1. The van der Waals surface area contributed by atoms with E-state index in [1.54, 1.807) is 0 Å². The van der Waals surface area contributed by atoms with E-state index in [0.717, 1.165) is 18.5 Å². The highest BCUT2D eigenvalue weighted by atomic mass is 19.4. The normalized spacial score (nSPS) is 25.0. The van der Waals surface area contributed by atoms with Crippen LogP contribution >= 0.6 is 0 Å². The van der Waals surface area contributed by atoms with E-state index in [2.05, 4.69) is 30.1 Å². The van der Waals surface area contributed by atoms with Crippen LogP contribution in [0.5, 0.6) is 6.01 Å². The van der Waals surface area contributed by atoms with Crippen molar-refractivity contribution in [3.05, 3.63) is 59.7 Å². The third-order valence-electron chi connectivity index (χ3n) is 6.96. The van der Waals surface area contributed by atoms with Crippen molar-refractivity contribution in [3.63, 3.8) is 0 Å². The Hall–Kier alpha value is -3.36. The van der Waals surface area contributed by atoms with Gasteiger partial charge in [-0.1, -0.05) is 0 Å². The van der Waals surface area contributed by atoms with Gasteiger partial charge in [0.1, 0.15) is 18.2 Å². The van der Waals surface area contributed by atoms with E-state index < -0.39 is 64.9 Å². The van der Waals surface area contributed by atoms with Crippen LogP contribution in [-0.4, -0.2) is 54.0 Å². The minimum absolute atomic E-state index is 0.130. The van der Waals surface area contributed by atoms with Crippen LogP contribution in [0.4, 0.5) is 30.7 Å². The number of aromatic nitrogens is 6. The van der Waals surface area contributed by atoms with Crippen molar-refractivity contribution in [1.82, 2.24) is 30.2 Å². The first-order valence-corrected chi connectivity index (χ1v) is 10.6. The predicted molar refractivity (Wildman–Crippen MR) is 105 cm³/mol. The molecule has 8 nitrogen and oxygen atoms in total. The average molecular weight is 518 g/mol. The first-order chi connectivity index (χ1) is 16.8. The van der Waals surface area contributed by atoms with Gasteiger partial charge in [-0.05, 0) is 42.2 Å². The molecule has 1 atom stereocenters. The topological polar surface area (TPSA) is 98.8 Å². The number of hydrogen-bond acceptors (Lipinski definition) is 7. The van der Waals surface area contributed by atoms with Crippen LogP contribution in [0.2, 0.25) is 0 Å². The third kappa shape index (κ3) is 3.67. The Morgan fingerprint density at radius 3 is 2.25 bits per heavy atom. The lowest BCUT2D eigenvalue weighted by Crippen LogP contribution is -2.76. The van der Waals surface area contributed by atoms with Crippen LogP contribution in [-0.2, 0) is 17.6 Å². The van der Waals surface area contributed by atoms with E-state index in [1.165, 1.54) is 12.4 Å². The lowest BCUT2D eigenvalue weighted by Gasteiger charge is -2.74. The fraction of sp³-hybridized carbons (Fsp3) is 0.476. The summed E-state index contributed by atoms with van der Waals surface area (Å²) in [6.07, 6.45) is -1.58. The smallest absolute Gasteiger partial charge is 0.422 e. The van der Waals surface area contributed by atoms with Gasteiger partial charge in [0.05, 0.1) is 0 Å². The van der Waals surface area contributed by atoms with Crippen LogP contribution in [0, 0.1) is 17.0 Å². The van der Waals surface area contributed by atoms with Gasteiger partial charge in [-0.25, -0.2) is 27.5 Å². The molecule has 3 aliphatic rings. The summed E-state index contributed by atoms with van der Waals surface area (Å²) in [7, 11) is 0. The maximum atomic E-state index is 16.1. The Labute approximate surface area is 198 Å². The zero-order chi connectivity index (χ0) is 26.0. The summed E-state index contributed by atoms with van der Waals surface area (Å²) in [4.78, 5) is 8.13. The highest BCUT2D eigenvalue weighted by Gasteiger charge is 2.82. The van der Waals surface area contributed by atoms with Crippen molar-refractivity contribution in [2.24, 2.45) is 5.41 Å². The minimum atomic E-state index is -4.57. The molecule has 3 aromatic rings. The first-order valence-electron chi connectivity index (χ1n) is 10.6. The fourth-order valence-corrected chi connectivity index (χ4v) is 5.32. The molecule has 0 saturated heterocycles. The molecule has 2 heterocycles. The van der Waals surface area contributed by atoms with Gasteiger partial charge >= 0.3 is 12.2 Å². The molecular formula is C21H17F7N6O2. The number of alkyl halides is 5. The molecule has 0 unspecified atom stereocenters. The monoisotopic (exact) mass is 518 g/mol. The molecule has 15 heteroatoms. The number of ether oxygens (including phenoxy) is 1. The molecule has 0 radical (unpaired) electrons. The Bertz CT molecular complexity index is 1250. The van der Waals surface area contributed by atoms with Crippen molar-refractivity contribution >= 4 is 0 Å². The number of hydrogen-bond donors (Lipinski definition) is 1. The predicted octanol–water partition coefficient (Wildman–Crippen LogP) is 3.33. The van der Waals surface area contributed by atoms with Crippen LogP contribution in [0.15, 0.2) is 36.9 Å². The van der Waals surface area contributed by atoms with Gasteiger partial charge in [0.15, 0.2) is 18.5 Å². The summed E-state index contributed by atoms with van der Waals surface area (Å²) in [6.45, 7) is -2.53. The summed E-state index contributed by atoms with van der Waals surface area (Å²) in [5, 5.41) is 21.9. The van der Waals surface area contributed by atoms with Gasteiger partial charge < -0.3 is 9.84 Å². The van der Waals surface area contributed by atoms with Crippen molar-refractivity contribution in [3.8, 4) is 6.01 Å². The van der Waals surface area contributed by atoms with Crippen LogP contribution < -0.4 is 4.74 Å². The molecule has 1 N–H and O–H groups in total. The molecule has 3 aliphatic carbocycles. The lowest BCUT2D eigenvalue weighted by atomic mass is 9.31.